The lowest BCUT2D eigenvalue weighted by Gasteiger charge is -2.55. The predicted molar refractivity (Wildman–Crippen MR) is 125 cm³/mol. The molecule has 1 saturated heterocycles. The van der Waals surface area contributed by atoms with Gasteiger partial charge in [-0.25, -0.2) is 23.4 Å². The van der Waals surface area contributed by atoms with Crippen LogP contribution in [0.3, 0.4) is 0 Å². The molecular weight excluding hydrogens is 497 g/mol. The molecule has 7 nitrogen and oxygen atoms in total. The molecule has 2 aromatic carbocycles. The second-order valence-corrected chi connectivity index (χ2v) is 9.09. The zero-order valence-corrected chi connectivity index (χ0v) is 20.0. The number of rotatable bonds is 6. The molecule has 3 heterocycles. The van der Waals surface area contributed by atoms with Crippen molar-refractivity contribution in [2.24, 2.45) is 0 Å². The van der Waals surface area contributed by atoms with Crippen LogP contribution >= 0.6 is 0 Å². The summed E-state index contributed by atoms with van der Waals surface area (Å²) < 4.78 is 82.4. The topological polar surface area (TPSA) is 74.1 Å². The minimum atomic E-state index is -4.74. The van der Waals surface area contributed by atoms with Crippen LogP contribution in [-0.4, -0.2) is 45.2 Å². The number of ether oxygens (including phenoxy) is 2. The van der Waals surface area contributed by atoms with Gasteiger partial charge in [0.1, 0.15) is 29.0 Å². The fourth-order valence-corrected chi connectivity index (χ4v) is 4.72. The lowest BCUT2D eigenvalue weighted by Crippen LogP contribution is -2.67. The predicted octanol–water partition coefficient (Wildman–Crippen LogP) is 5.46. The highest BCUT2D eigenvalue weighted by atomic mass is 19.4. The summed E-state index contributed by atoms with van der Waals surface area (Å²) in [6.45, 7) is 2.41. The molecule has 0 amide bonds. The number of fused-ring (bicyclic) bond motifs is 1. The third kappa shape index (κ3) is 4.24. The van der Waals surface area contributed by atoms with Crippen molar-refractivity contribution < 1.29 is 31.4 Å². The fraction of sp³-hybridized carbons (Fsp3) is 0.320. The second kappa shape index (κ2) is 8.65. The highest BCUT2D eigenvalue weighted by Gasteiger charge is 2.68. The summed E-state index contributed by atoms with van der Waals surface area (Å²) in [6, 6.07) is 9.18. The molecule has 37 heavy (non-hydrogen) atoms. The molecule has 5 rings (SSSR count). The molecule has 1 aliphatic rings. The average Bonchev–Trinajstić information content (AvgIpc) is 3.24. The van der Waals surface area contributed by atoms with Gasteiger partial charge in [0.05, 0.1) is 36.5 Å². The van der Waals surface area contributed by atoms with Gasteiger partial charge >= 0.3 is 6.18 Å². The summed E-state index contributed by atoms with van der Waals surface area (Å²) in [5, 5.41) is 7.41. The number of hydrogen-bond donors (Lipinski definition) is 1. The zero-order chi connectivity index (χ0) is 26.6. The van der Waals surface area contributed by atoms with Crippen LogP contribution in [0.25, 0.3) is 16.7 Å². The van der Waals surface area contributed by atoms with E-state index in [2.05, 4.69) is 20.4 Å². The molecule has 0 bridgehead atoms. The number of alkyl halides is 3. The first kappa shape index (κ1) is 24.9. The van der Waals surface area contributed by atoms with E-state index in [9.17, 15) is 22.0 Å². The molecule has 1 N–H and O–H groups in total. The first-order valence-corrected chi connectivity index (χ1v) is 11.3. The highest BCUT2D eigenvalue weighted by Crippen LogP contribution is 2.57. The maximum atomic E-state index is 14.3. The Hall–Kier alpha value is -3.80. The smallest absolute Gasteiger partial charge is 0.419 e. The van der Waals surface area contributed by atoms with Crippen LogP contribution in [0.4, 0.5) is 27.8 Å². The second-order valence-electron chi connectivity index (χ2n) is 9.09. The minimum Gasteiger partial charge on any atom is -0.496 e. The highest BCUT2D eigenvalue weighted by molar-refractivity contribution is 5.87. The Kier molecular flexibility index (Phi) is 5.81. The van der Waals surface area contributed by atoms with Gasteiger partial charge in [0.2, 0.25) is 0 Å². The van der Waals surface area contributed by atoms with E-state index < -0.39 is 42.0 Å². The van der Waals surface area contributed by atoms with Crippen LogP contribution < -0.4 is 10.1 Å². The van der Waals surface area contributed by atoms with Crippen LogP contribution in [0.1, 0.15) is 24.7 Å². The monoisotopic (exact) mass is 519 g/mol. The van der Waals surface area contributed by atoms with Gasteiger partial charge in [0.15, 0.2) is 11.2 Å². The number of nitrogens with one attached hydrogen (secondary N) is 1. The largest absolute Gasteiger partial charge is 0.496 e. The Labute approximate surface area is 208 Å². The summed E-state index contributed by atoms with van der Waals surface area (Å²) >= 11 is 0. The molecule has 0 spiro atoms. The molecule has 4 aromatic rings. The van der Waals surface area contributed by atoms with Crippen LogP contribution in [0.15, 0.2) is 48.7 Å². The van der Waals surface area contributed by atoms with Crippen molar-refractivity contribution in [1.82, 2.24) is 19.7 Å². The lowest BCUT2D eigenvalue weighted by atomic mass is 9.75. The third-order valence-corrected chi connectivity index (χ3v) is 6.44. The zero-order valence-electron chi connectivity index (χ0n) is 20.0. The molecule has 1 fully saturated rings. The summed E-state index contributed by atoms with van der Waals surface area (Å²) in [7, 11) is 1.35. The first-order valence-electron chi connectivity index (χ1n) is 11.3. The van der Waals surface area contributed by atoms with Crippen molar-refractivity contribution in [3.8, 4) is 11.4 Å². The van der Waals surface area contributed by atoms with Crippen LogP contribution in [-0.2, 0) is 10.3 Å². The number of halogens is 5. The van der Waals surface area contributed by atoms with Crippen LogP contribution in [0.5, 0.6) is 5.75 Å². The summed E-state index contributed by atoms with van der Waals surface area (Å²) in [5.74, 6) is -0.368. The Morgan fingerprint density at radius 3 is 2.41 bits per heavy atom. The number of anilines is 1. The number of aromatic nitrogens is 4. The molecule has 12 heteroatoms. The van der Waals surface area contributed by atoms with E-state index in [1.54, 1.807) is 6.92 Å². The van der Waals surface area contributed by atoms with Gasteiger partial charge in [-0.2, -0.15) is 18.3 Å². The minimum absolute atomic E-state index is 0.139. The first-order chi connectivity index (χ1) is 17.4. The SMILES string of the molecule is COc1ccc(F)cc1C1(C)CC(CNc2nc(C)nc3c2cnn3-c2ccc(F)cc2)(C(F)(F)F)O1. The summed E-state index contributed by atoms with van der Waals surface area (Å²) in [6.07, 6.45) is -3.79. The van der Waals surface area contributed by atoms with Crippen molar-refractivity contribution in [1.29, 1.82) is 0 Å². The molecule has 2 aromatic heterocycles. The lowest BCUT2D eigenvalue weighted by molar-refractivity contribution is -0.380. The standard InChI is InChI=1S/C25H22F5N5O2/c1-14-33-21(18-11-32-35(22(18)34-14)17-7-4-15(26)5-8-17)31-13-24(25(28,29)30)12-23(2,37-24)19-10-16(27)6-9-20(19)36-3/h4-11H,12-13H2,1-3H3,(H,31,33,34). The normalized spacial score (nSPS) is 21.6. The number of benzene rings is 2. The van der Waals surface area contributed by atoms with E-state index in [0.717, 1.165) is 12.1 Å². The van der Waals surface area contributed by atoms with Gasteiger partial charge < -0.3 is 14.8 Å². The molecular formula is C25H22F5N5O2. The van der Waals surface area contributed by atoms with E-state index in [4.69, 9.17) is 9.47 Å². The van der Waals surface area contributed by atoms with Crippen LogP contribution in [0, 0.1) is 18.6 Å². The third-order valence-electron chi connectivity index (χ3n) is 6.44. The fourth-order valence-electron chi connectivity index (χ4n) is 4.72. The van der Waals surface area contributed by atoms with E-state index in [0.29, 0.717) is 22.5 Å². The Balaban J connectivity index is 1.45. The van der Waals surface area contributed by atoms with E-state index in [-0.39, 0.29) is 17.1 Å². The average molecular weight is 519 g/mol. The van der Waals surface area contributed by atoms with Crippen molar-refractivity contribution in [2.75, 3.05) is 19.0 Å². The molecule has 1 aliphatic heterocycles. The summed E-state index contributed by atoms with van der Waals surface area (Å²) in [4.78, 5) is 8.64. The molecule has 0 saturated carbocycles. The Morgan fingerprint density at radius 1 is 1.08 bits per heavy atom. The number of methoxy groups -OCH3 is 1. The van der Waals surface area contributed by atoms with Gasteiger partial charge in [-0.05, 0) is 56.3 Å². The van der Waals surface area contributed by atoms with Crippen molar-refractivity contribution in [2.45, 2.75) is 37.6 Å². The van der Waals surface area contributed by atoms with E-state index in [1.807, 2.05) is 0 Å². The summed E-state index contributed by atoms with van der Waals surface area (Å²) in [5.41, 5.74) is -2.93. The van der Waals surface area contributed by atoms with E-state index >= 15 is 0 Å². The molecule has 0 radical (unpaired) electrons. The quantitative estimate of drug-likeness (QED) is 0.341. The molecule has 2 unspecified atom stereocenters. The number of aryl methyl sites for hydroxylation is 1. The van der Waals surface area contributed by atoms with Gasteiger partial charge in [-0.3, -0.25) is 0 Å². The Morgan fingerprint density at radius 2 is 1.76 bits per heavy atom. The number of nitrogens with zero attached hydrogens (tertiary/aromatic N) is 4. The maximum absolute atomic E-state index is 14.3. The van der Waals surface area contributed by atoms with E-state index in [1.165, 1.54) is 55.2 Å². The van der Waals surface area contributed by atoms with Crippen molar-refractivity contribution in [3.05, 3.63) is 71.7 Å². The molecule has 2 atom stereocenters. The molecule has 0 aliphatic carbocycles. The Bertz CT molecular complexity index is 1460. The van der Waals surface area contributed by atoms with Gasteiger partial charge in [0.25, 0.3) is 0 Å². The van der Waals surface area contributed by atoms with Crippen LogP contribution in [0.2, 0.25) is 0 Å². The van der Waals surface area contributed by atoms with Gasteiger partial charge in [-0.15, -0.1) is 0 Å². The van der Waals surface area contributed by atoms with Crippen molar-refractivity contribution >= 4 is 16.9 Å². The maximum Gasteiger partial charge on any atom is 0.419 e. The van der Waals surface area contributed by atoms with Gasteiger partial charge in [0, 0.05) is 12.0 Å². The molecule has 194 valence electrons. The van der Waals surface area contributed by atoms with Crippen molar-refractivity contribution in [3.63, 3.8) is 0 Å². The number of hydrogen-bond acceptors (Lipinski definition) is 6. The van der Waals surface area contributed by atoms with Gasteiger partial charge in [-0.1, -0.05) is 0 Å².